The van der Waals surface area contributed by atoms with Gasteiger partial charge in [-0.3, -0.25) is 14.8 Å². The van der Waals surface area contributed by atoms with Crippen molar-refractivity contribution in [3.8, 4) is 34.8 Å². The van der Waals surface area contributed by atoms with Gasteiger partial charge in [-0.15, -0.1) is 0 Å². The van der Waals surface area contributed by atoms with Crippen LogP contribution in [0.2, 0.25) is 0 Å². The molecule has 0 aromatic carbocycles. The van der Waals surface area contributed by atoms with E-state index in [9.17, 15) is 10.5 Å². The van der Waals surface area contributed by atoms with Crippen molar-refractivity contribution < 1.29 is 0 Å². The van der Waals surface area contributed by atoms with E-state index in [0.29, 0.717) is 47.7 Å². The van der Waals surface area contributed by atoms with Crippen LogP contribution in [-0.2, 0) is 5.54 Å². The van der Waals surface area contributed by atoms with E-state index in [2.05, 4.69) is 27.3 Å². The van der Waals surface area contributed by atoms with Crippen molar-refractivity contribution in [3.05, 3.63) is 42.4 Å². The summed E-state index contributed by atoms with van der Waals surface area (Å²) in [6.07, 6.45) is 4.93. The van der Waals surface area contributed by atoms with Crippen LogP contribution in [0, 0.1) is 35.5 Å². The number of nitrogen functional groups attached to an aromatic ring is 1. The highest BCUT2D eigenvalue weighted by atomic mass is 15.3. The first kappa shape index (κ1) is 18.8. The second-order valence-corrected chi connectivity index (χ2v) is 8.00. The fourth-order valence-electron chi connectivity index (χ4n) is 4.47. The second kappa shape index (κ2) is 6.92. The third-order valence-electron chi connectivity index (χ3n) is 5.97. The topological polar surface area (TPSA) is 146 Å². The van der Waals surface area contributed by atoms with Crippen LogP contribution in [0.4, 0.5) is 5.82 Å². The van der Waals surface area contributed by atoms with E-state index >= 15 is 0 Å². The van der Waals surface area contributed by atoms with Gasteiger partial charge in [0.1, 0.15) is 17.2 Å². The molecule has 1 saturated carbocycles. The minimum absolute atomic E-state index is 0.0454. The van der Waals surface area contributed by atoms with E-state index in [1.165, 1.54) is 0 Å². The smallest absolute Gasteiger partial charge is 0.128 e. The van der Waals surface area contributed by atoms with Gasteiger partial charge in [0.15, 0.2) is 0 Å². The van der Waals surface area contributed by atoms with Crippen molar-refractivity contribution in [1.29, 1.82) is 10.5 Å². The van der Waals surface area contributed by atoms with E-state index in [4.69, 9.17) is 15.8 Å². The minimum atomic E-state index is -0.446. The molecule has 4 heterocycles. The van der Waals surface area contributed by atoms with Gasteiger partial charge in [0, 0.05) is 17.3 Å². The van der Waals surface area contributed by atoms with Crippen molar-refractivity contribution in [1.82, 2.24) is 29.9 Å². The number of hydrogen-bond donors (Lipinski definition) is 2. The van der Waals surface area contributed by atoms with Crippen LogP contribution >= 0.6 is 0 Å². The molecule has 0 bridgehead atoms. The summed E-state index contributed by atoms with van der Waals surface area (Å²) < 4.78 is 1.90. The van der Waals surface area contributed by atoms with E-state index in [1.807, 2.05) is 35.9 Å². The van der Waals surface area contributed by atoms with Gasteiger partial charge in [-0.25, -0.2) is 4.98 Å². The maximum atomic E-state index is 9.40. The molecule has 0 unspecified atom stereocenters. The molecule has 9 nitrogen and oxygen atoms in total. The SMILES string of the molecule is Cc1cc(-c2nc(-c3cn[nH]c3N)cc3ncccc23)nn1[C@]1(CC#N)C[C@@H](C#N)C1. The fraction of sp³-hybridized carbons (Fsp3) is 0.273. The normalized spacial score (nSPS) is 20.2. The predicted octanol–water partition coefficient (Wildman–Crippen LogP) is 3.32. The number of aromatic amines is 1. The molecule has 0 radical (unpaired) electrons. The molecule has 0 aliphatic heterocycles. The number of nitrogens with two attached hydrogens (primary N) is 1. The molecule has 31 heavy (non-hydrogen) atoms. The van der Waals surface area contributed by atoms with Gasteiger partial charge >= 0.3 is 0 Å². The van der Waals surface area contributed by atoms with E-state index < -0.39 is 5.54 Å². The van der Waals surface area contributed by atoms with Crippen molar-refractivity contribution in [2.45, 2.75) is 31.7 Å². The number of pyridine rings is 2. The number of fused-ring (bicyclic) bond motifs is 1. The summed E-state index contributed by atoms with van der Waals surface area (Å²) in [5, 5.41) is 31.1. The van der Waals surface area contributed by atoms with Crippen LogP contribution in [0.3, 0.4) is 0 Å². The van der Waals surface area contributed by atoms with Crippen LogP contribution in [0.1, 0.15) is 25.0 Å². The Morgan fingerprint density at radius 1 is 1.29 bits per heavy atom. The lowest BCUT2D eigenvalue weighted by Gasteiger charge is -2.44. The maximum absolute atomic E-state index is 9.40. The fourth-order valence-corrected chi connectivity index (χ4v) is 4.47. The monoisotopic (exact) mass is 409 g/mol. The highest BCUT2D eigenvalue weighted by molar-refractivity contribution is 5.94. The summed E-state index contributed by atoms with van der Waals surface area (Å²) in [5.41, 5.74) is 10.00. The lowest BCUT2D eigenvalue weighted by atomic mass is 9.67. The number of nitriles is 2. The van der Waals surface area contributed by atoms with Gasteiger partial charge in [-0.05, 0) is 44.0 Å². The largest absolute Gasteiger partial charge is 0.384 e. The number of hydrogen-bond acceptors (Lipinski definition) is 7. The Hall–Kier alpha value is -4.24. The number of nitrogens with one attached hydrogen (secondary N) is 1. The van der Waals surface area contributed by atoms with Crippen LogP contribution in [0.15, 0.2) is 36.7 Å². The highest BCUT2D eigenvalue weighted by Crippen LogP contribution is 2.47. The second-order valence-electron chi connectivity index (χ2n) is 8.00. The van der Waals surface area contributed by atoms with Crippen LogP contribution in [-0.4, -0.2) is 29.9 Å². The third kappa shape index (κ3) is 2.90. The maximum Gasteiger partial charge on any atom is 0.128 e. The van der Waals surface area contributed by atoms with Gasteiger partial charge < -0.3 is 5.73 Å². The molecule has 0 saturated heterocycles. The molecule has 0 amide bonds. The zero-order valence-electron chi connectivity index (χ0n) is 16.9. The van der Waals surface area contributed by atoms with E-state index in [0.717, 1.165) is 16.6 Å². The molecule has 3 N–H and O–H groups in total. The molecule has 152 valence electrons. The predicted molar refractivity (Wildman–Crippen MR) is 114 cm³/mol. The molecule has 0 spiro atoms. The molecule has 4 aromatic heterocycles. The number of aromatic nitrogens is 6. The number of rotatable bonds is 4. The minimum Gasteiger partial charge on any atom is -0.384 e. The van der Waals surface area contributed by atoms with Gasteiger partial charge in [0.2, 0.25) is 0 Å². The molecule has 5 rings (SSSR count). The molecular weight excluding hydrogens is 390 g/mol. The quantitative estimate of drug-likeness (QED) is 0.525. The molecule has 1 aliphatic rings. The zero-order chi connectivity index (χ0) is 21.6. The van der Waals surface area contributed by atoms with Crippen molar-refractivity contribution >= 4 is 16.7 Å². The molecule has 0 atom stereocenters. The van der Waals surface area contributed by atoms with Crippen LogP contribution in [0.5, 0.6) is 0 Å². The molecule has 1 fully saturated rings. The van der Waals surface area contributed by atoms with E-state index in [1.54, 1.807) is 12.4 Å². The Morgan fingerprint density at radius 3 is 2.84 bits per heavy atom. The van der Waals surface area contributed by atoms with Crippen molar-refractivity contribution in [3.63, 3.8) is 0 Å². The Bertz CT molecular complexity index is 1380. The number of aryl methyl sites for hydroxylation is 1. The van der Waals surface area contributed by atoms with Crippen molar-refractivity contribution in [2.24, 2.45) is 5.92 Å². The Labute approximate surface area is 178 Å². The lowest BCUT2D eigenvalue weighted by Crippen LogP contribution is -2.46. The summed E-state index contributed by atoms with van der Waals surface area (Å²) in [6, 6.07) is 12.2. The number of H-pyrrole nitrogens is 1. The highest BCUT2D eigenvalue weighted by Gasteiger charge is 2.47. The van der Waals surface area contributed by atoms with Gasteiger partial charge in [-0.2, -0.15) is 20.7 Å². The Kier molecular flexibility index (Phi) is 4.19. The zero-order valence-corrected chi connectivity index (χ0v) is 16.9. The van der Waals surface area contributed by atoms with Gasteiger partial charge in [0.25, 0.3) is 0 Å². The molecular formula is C22H19N9. The molecule has 4 aromatic rings. The molecule has 1 aliphatic carbocycles. The lowest BCUT2D eigenvalue weighted by molar-refractivity contribution is 0.0859. The number of nitrogens with zero attached hydrogens (tertiary/aromatic N) is 7. The summed E-state index contributed by atoms with van der Waals surface area (Å²) in [6.45, 7) is 1.97. The van der Waals surface area contributed by atoms with Crippen LogP contribution in [0.25, 0.3) is 33.5 Å². The van der Waals surface area contributed by atoms with Crippen LogP contribution < -0.4 is 5.73 Å². The summed E-state index contributed by atoms with van der Waals surface area (Å²) >= 11 is 0. The Morgan fingerprint density at radius 2 is 2.13 bits per heavy atom. The average Bonchev–Trinajstić information content (AvgIpc) is 3.35. The third-order valence-corrected chi connectivity index (χ3v) is 5.97. The molecule has 9 heteroatoms. The summed E-state index contributed by atoms with van der Waals surface area (Å²) in [4.78, 5) is 9.36. The first-order valence-electron chi connectivity index (χ1n) is 9.94. The van der Waals surface area contributed by atoms with E-state index in [-0.39, 0.29) is 5.92 Å². The average molecular weight is 409 g/mol. The Balaban J connectivity index is 1.67. The summed E-state index contributed by atoms with van der Waals surface area (Å²) in [5.74, 6) is 0.386. The van der Waals surface area contributed by atoms with Gasteiger partial charge in [-0.1, -0.05) is 0 Å². The summed E-state index contributed by atoms with van der Waals surface area (Å²) in [7, 11) is 0. The first-order valence-corrected chi connectivity index (χ1v) is 9.94. The van der Waals surface area contributed by atoms with Crippen molar-refractivity contribution in [2.75, 3.05) is 5.73 Å². The number of anilines is 1. The standard InChI is InChI=1S/C22H19N9/c1-13-7-19(30-31(13)22(4-5-23)9-14(10-22)11-24)20-15-3-2-6-26-17(15)8-18(28-20)16-12-27-29-21(16)25/h2-3,6-8,12,14H,4,9-10H2,1H3,(H3,25,27,29)/t14-,22-. The first-order chi connectivity index (χ1) is 15.0. The van der Waals surface area contributed by atoms with Gasteiger partial charge in [0.05, 0.1) is 53.0 Å².